The van der Waals surface area contributed by atoms with Crippen molar-refractivity contribution in [2.45, 2.75) is 31.0 Å². The monoisotopic (exact) mass is 220 g/mol. The third-order valence-corrected chi connectivity index (χ3v) is 2.75. The van der Waals surface area contributed by atoms with Gasteiger partial charge < -0.3 is 24.1 Å². The van der Waals surface area contributed by atoms with Crippen LogP contribution in [0.3, 0.4) is 0 Å². The van der Waals surface area contributed by atoms with E-state index in [0.29, 0.717) is 0 Å². The van der Waals surface area contributed by atoms with Crippen molar-refractivity contribution in [1.29, 1.82) is 0 Å². The minimum Gasteiger partial charge on any atom is -0.467 e. The first-order chi connectivity index (χ1) is 6.93. The average Bonchev–Trinajstić information content (AvgIpc) is 2.52. The van der Waals surface area contributed by atoms with Gasteiger partial charge in [-0.1, -0.05) is 0 Å². The van der Waals surface area contributed by atoms with Crippen molar-refractivity contribution in [2.24, 2.45) is 0 Å². The molecule has 0 aromatic heterocycles. The highest BCUT2D eigenvalue weighted by atomic mass is 16.8. The third-order valence-electron chi connectivity index (χ3n) is 2.75. The molecule has 0 bridgehead atoms. The molecule has 3 atom stereocenters. The van der Waals surface area contributed by atoms with Gasteiger partial charge in [-0.15, -0.1) is 0 Å². The van der Waals surface area contributed by atoms with Gasteiger partial charge in [0.2, 0.25) is 11.4 Å². The minimum absolute atomic E-state index is 0.0273. The molecule has 0 radical (unpaired) electrons. The molecule has 0 aromatic rings. The number of hydrogen-bond donors (Lipinski definition) is 1. The summed E-state index contributed by atoms with van der Waals surface area (Å²) in [5, 5.41) is 10.2. The molecule has 1 heterocycles. The lowest BCUT2D eigenvalue weighted by Crippen LogP contribution is -2.56. The van der Waals surface area contributed by atoms with Crippen LogP contribution in [0.15, 0.2) is 0 Å². The fraction of sp³-hybridized carbons (Fsp3) is 0.889. The highest BCUT2D eigenvalue weighted by Gasteiger charge is 2.63. The van der Waals surface area contributed by atoms with E-state index < -0.39 is 23.6 Å². The van der Waals surface area contributed by atoms with E-state index in [9.17, 15) is 9.90 Å². The number of esters is 1. The molecule has 1 aliphatic heterocycles. The number of rotatable bonds is 3. The molecule has 15 heavy (non-hydrogen) atoms. The maximum Gasteiger partial charge on any atom is 0.343 e. The summed E-state index contributed by atoms with van der Waals surface area (Å²) in [5.41, 5.74) is -1.85. The van der Waals surface area contributed by atoms with Crippen LogP contribution in [-0.4, -0.2) is 50.1 Å². The summed E-state index contributed by atoms with van der Waals surface area (Å²) in [6.45, 7) is 1.46. The van der Waals surface area contributed by atoms with Gasteiger partial charge in [-0.2, -0.15) is 0 Å². The van der Waals surface area contributed by atoms with Gasteiger partial charge in [0.15, 0.2) is 6.29 Å². The maximum absolute atomic E-state index is 11.5. The number of carbonyl (C=O) groups is 1. The molecule has 0 spiro atoms. The van der Waals surface area contributed by atoms with Crippen molar-refractivity contribution in [3.05, 3.63) is 0 Å². The van der Waals surface area contributed by atoms with Crippen LogP contribution in [0.25, 0.3) is 0 Å². The Labute approximate surface area is 88.1 Å². The molecule has 1 N–H and O–H groups in total. The molecule has 1 unspecified atom stereocenters. The molecule has 1 rings (SSSR count). The maximum atomic E-state index is 11.5. The van der Waals surface area contributed by atoms with Crippen LogP contribution in [0.5, 0.6) is 0 Å². The van der Waals surface area contributed by atoms with Gasteiger partial charge in [0.25, 0.3) is 0 Å². The lowest BCUT2D eigenvalue weighted by Gasteiger charge is -2.33. The van der Waals surface area contributed by atoms with Crippen LogP contribution < -0.4 is 0 Å². The molecule has 1 fully saturated rings. The first-order valence-corrected chi connectivity index (χ1v) is 4.50. The zero-order chi connectivity index (χ0) is 11.7. The van der Waals surface area contributed by atoms with E-state index in [1.807, 2.05) is 0 Å². The summed E-state index contributed by atoms with van der Waals surface area (Å²) in [6.07, 6.45) is -0.723. The van der Waals surface area contributed by atoms with Crippen molar-refractivity contribution in [2.75, 3.05) is 21.3 Å². The van der Waals surface area contributed by atoms with Gasteiger partial charge in [-0.3, -0.25) is 0 Å². The Balaban J connectivity index is 2.99. The van der Waals surface area contributed by atoms with Gasteiger partial charge in [-0.25, -0.2) is 4.79 Å². The van der Waals surface area contributed by atoms with E-state index in [1.54, 1.807) is 0 Å². The summed E-state index contributed by atoms with van der Waals surface area (Å²) < 4.78 is 19.8. The molecular weight excluding hydrogens is 204 g/mol. The van der Waals surface area contributed by atoms with E-state index in [-0.39, 0.29) is 6.42 Å². The zero-order valence-electron chi connectivity index (χ0n) is 9.27. The summed E-state index contributed by atoms with van der Waals surface area (Å²) >= 11 is 0. The standard InChI is InChI=1S/C9H16O6/c1-8(14-4)9(11,7(10)13-3)5-6(12-2)15-8/h6,11H,5H2,1-4H3/t6?,8-,9+/m1/s1. The van der Waals surface area contributed by atoms with Crippen LogP contribution >= 0.6 is 0 Å². The first-order valence-electron chi connectivity index (χ1n) is 4.50. The van der Waals surface area contributed by atoms with Gasteiger partial charge in [-0.05, 0) is 6.92 Å². The average molecular weight is 220 g/mol. The van der Waals surface area contributed by atoms with Gasteiger partial charge in [0.05, 0.1) is 7.11 Å². The summed E-state index contributed by atoms with van der Waals surface area (Å²) in [4.78, 5) is 11.5. The van der Waals surface area contributed by atoms with Crippen LogP contribution in [0.4, 0.5) is 0 Å². The van der Waals surface area contributed by atoms with Crippen LogP contribution in [0.2, 0.25) is 0 Å². The van der Waals surface area contributed by atoms with E-state index in [2.05, 4.69) is 4.74 Å². The quantitative estimate of drug-likeness (QED) is 0.655. The Kier molecular flexibility index (Phi) is 3.34. The summed E-state index contributed by atoms with van der Waals surface area (Å²) in [5.74, 6) is -2.26. The molecular formula is C9H16O6. The van der Waals surface area contributed by atoms with Crippen molar-refractivity contribution >= 4 is 5.97 Å². The van der Waals surface area contributed by atoms with Crippen molar-refractivity contribution in [3.63, 3.8) is 0 Å². The molecule has 88 valence electrons. The first kappa shape index (κ1) is 12.4. The van der Waals surface area contributed by atoms with Crippen molar-refractivity contribution in [3.8, 4) is 0 Å². The second-order valence-corrected chi connectivity index (χ2v) is 3.49. The van der Waals surface area contributed by atoms with Crippen molar-refractivity contribution in [1.82, 2.24) is 0 Å². The lowest BCUT2D eigenvalue weighted by molar-refractivity contribution is -0.287. The van der Waals surface area contributed by atoms with E-state index in [0.717, 1.165) is 0 Å². The second-order valence-electron chi connectivity index (χ2n) is 3.49. The van der Waals surface area contributed by atoms with E-state index in [1.165, 1.54) is 28.3 Å². The lowest BCUT2D eigenvalue weighted by atomic mass is 9.93. The molecule has 6 heteroatoms. The second kappa shape index (κ2) is 4.05. The Morgan fingerprint density at radius 2 is 2.07 bits per heavy atom. The predicted octanol–water partition coefficient (Wildman–Crippen LogP) is -0.354. The fourth-order valence-corrected chi connectivity index (χ4v) is 1.60. The number of methoxy groups -OCH3 is 3. The number of aliphatic hydroxyl groups is 1. The predicted molar refractivity (Wildman–Crippen MR) is 48.9 cm³/mol. The number of ether oxygens (including phenoxy) is 4. The topological polar surface area (TPSA) is 74.2 Å². The summed E-state index contributed by atoms with van der Waals surface area (Å²) in [7, 11) is 3.95. The number of hydrogen-bond acceptors (Lipinski definition) is 6. The van der Waals surface area contributed by atoms with Gasteiger partial charge in [0.1, 0.15) is 0 Å². The SMILES string of the molecule is COC(=O)[C@@]1(O)CC(OC)O[C@@]1(C)OC. The Hall–Kier alpha value is -0.690. The molecule has 6 nitrogen and oxygen atoms in total. The van der Waals surface area contributed by atoms with Crippen molar-refractivity contribution < 1.29 is 28.8 Å². The van der Waals surface area contributed by atoms with Crippen LogP contribution in [0, 0.1) is 0 Å². The molecule has 0 saturated carbocycles. The van der Waals surface area contributed by atoms with E-state index in [4.69, 9.17) is 14.2 Å². The fourth-order valence-electron chi connectivity index (χ4n) is 1.60. The summed E-state index contributed by atoms with van der Waals surface area (Å²) in [6, 6.07) is 0. The number of carbonyl (C=O) groups excluding carboxylic acids is 1. The largest absolute Gasteiger partial charge is 0.467 e. The molecule has 0 aliphatic carbocycles. The van der Waals surface area contributed by atoms with Crippen LogP contribution in [0.1, 0.15) is 13.3 Å². The minimum atomic E-state index is -1.85. The van der Waals surface area contributed by atoms with Gasteiger partial charge in [0, 0.05) is 20.6 Å². The highest BCUT2D eigenvalue weighted by Crippen LogP contribution is 2.41. The normalized spacial score (nSPS) is 40.5. The molecule has 0 amide bonds. The van der Waals surface area contributed by atoms with Crippen LogP contribution in [-0.2, 0) is 23.7 Å². The van der Waals surface area contributed by atoms with Gasteiger partial charge >= 0.3 is 5.97 Å². The molecule has 1 aliphatic rings. The molecule has 0 aromatic carbocycles. The smallest absolute Gasteiger partial charge is 0.343 e. The Morgan fingerprint density at radius 1 is 1.47 bits per heavy atom. The third kappa shape index (κ3) is 1.74. The molecule has 1 saturated heterocycles. The Bertz CT molecular complexity index is 255. The van der Waals surface area contributed by atoms with E-state index >= 15 is 0 Å². The highest BCUT2D eigenvalue weighted by molar-refractivity contribution is 5.81. The zero-order valence-corrected chi connectivity index (χ0v) is 9.27. The Morgan fingerprint density at radius 3 is 2.47 bits per heavy atom.